The van der Waals surface area contributed by atoms with E-state index in [9.17, 15) is 18.3 Å². The van der Waals surface area contributed by atoms with E-state index >= 15 is 0 Å². The van der Waals surface area contributed by atoms with E-state index in [2.05, 4.69) is 0 Å². The van der Waals surface area contributed by atoms with Crippen LogP contribution in [0.1, 0.15) is 18.9 Å². The fraction of sp³-hybridized carbons (Fsp3) is 0.158. The Bertz CT molecular complexity index is 864. The van der Waals surface area contributed by atoms with E-state index in [1.165, 1.54) is 36.4 Å². The van der Waals surface area contributed by atoms with E-state index in [-0.39, 0.29) is 22.3 Å². The topological polar surface area (TPSA) is 20.2 Å². The highest BCUT2D eigenvalue weighted by molar-refractivity contribution is 5.89. The molecule has 0 aliphatic carbocycles. The van der Waals surface area contributed by atoms with Gasteiger partial charge in [0.2, 0.25) is 0 Å². The lowest BCUT2D eigenvalue weighted by Gasteiger charge is -2.10. The van der Waals surface area contributed by atoms with Gasteiger partial charge in [-0.2, -0.15) is 0 Å². The molecule has 0 saturated carbocycles. The van der Waals surface area contributed by atoms with E-state index in [1.807, 2.05) is 6.92 Å². The Labute approximate surface area is 132 Å². The predicted octanol–water partition coefficient (Wildman–Crippen LogP) is 5.58. The fourth-order valence-electron chi connectivity index (χ4n) is 2.78. The molecule has 23 heavy (non-hydrogen) atoms. The molecule has 4 heteroatoms. The van der Waals surface area contributed by atoms with Gasteiger partial charge in [-0.05, 0) is 59.3 Å². The summed E-state index contributed by atoms with van der Waals surface area (Å²) in [6.45, 7) is 1.93. The summed E-state index contributed by atoms with van der Waals surface area (Å²) in [4.78, 5) is 0. The molecule has 3 rings (SSSR count). The van der Waals surface area contributed by atoms with Crippen LogP contribution in [0.25, 0.3) is 21.9 Å². The van der Waals surface area contributed by atoms with E-state index in [4.69, 9.17) is 0 Å². The van der Waals surface area contributed by atoms with Gasteiger partial charge in [0.15, 0.2) is 0 Å². The quantitative estimate of drug-likeness (QED) is 0.668. The van der Waals surface area contributed by atoms with Crippen LogP contribution >= 0.6 is 0 Å². The zero-order chi connectivity index (χ0) is 16.6. The number of benzene rings is 3. The van der Waals surface area contributed by atoms with Crippen LogP contribution < -0.4 is 0 Å². The van der Waals surface area contributed by atoms with Crippen molar-refractivity contribution in [2.75, 3.05) is 0 Å². The molecule has 0 aliphatic rings. The van der Waals surface area contributed by atoms with Crippen LogP contribution in [0.15, 0.2) is 42.5 Å². The Morgan fingerprint density at radius 2 is 1.57 bits per heavy atom. The van der Waals surface area contributed by atoms with Crippen LogP contribution in [0.2, 0.25) is 0 Å². The maximum atomic E-state index is 14.3. The van der Waals surface area contributed by atoms with E-state index in [0.29, 0.717) is 17.4 Å². The second-order valence-corrected chi connectivity index (χ2v) is 5.55. The Morgan fingerprint density at radius 1 is 0.870 bits per heavy atom. The predicted molar refractivity (Wildman–Crippen MR) is 84.9 cm³/mol. The fourth-order valence-corrected chi connectivity index (χ4v) is 2.78. The summed E-state index contributed by atoms with van der Waals surface area (Å²) >= 11 is 0. The van der Waals surface area contributed by atoms with Crippen LogP contribution in [-0.2, 0) is 6.42 Å². The smallest absolute Gasteiger partial charge is 0.134 e. The normalized spacial score (nSPS) is 11.1. The highest BCUT2D eigenvalue weighted by atomic mass is 19.1. The molecular formula is C19H15F3O. The summed E-state index contributed by atoms with van der Waals surface area (Å²) < 4.78 is 42.8. The second kappa shape index (κ2) is 5.95. The largest absolute Gasteiger partial charge is 0.508 e. The summed E-state index contributed by atoms with van der Waals surface area (Å²) in [5.74, 6) is -2.10. The maximum absolute atomic E-state index is 14.3. The van der Waals surface area contributed by atoms with Crippen molar-refractivity contribution in [3.05, 3.63) is 65.5 Å². The van der Waals surface area contributed by atoms with Gasteiger partial charge in [-0.25, -0.2) is 13.2 Å². The lowest BCUT2D eigenvalue weighted by molar-refractivity contribution is 0.476. The number of aryl methyl sites for hydroxylation is 1. The lowest BCUT2D eigenvalue weighted by atomic mass is 9.97. The van der Waals surface area contributed by atoms with E-state index < -0.39 is 17.5 Å². The van der Waals surface area contributed by atoms with Crippen LogP contribution in [0.5, 0.6) is 5.75 Å². The number of hydrogen-bond acceptors (Lipinski definition) is 1. The number of aromatic hydroxyl groups is 1. The molecule has 0 amide bonds. The van der Waals surface area contributed by atoms with Crippen molar-refractivity contribution in [1.29, 1.82) is 0 Å². The average Bonchev–Trinajstić information content (AvgIpc) is 2.48. The summed E-state index contributed by atoms with van der Waals surface area (Å²) in [6, 6.07) is 9.38. The third-order valence-electron chi connectivity index (χ3n) is 3.82. The van der Waals surface area contributed by atoms with Crippen molar-refractivity contribution in [1.82, 2.24) is 0 Å². The van der Waals surface area contributed by atoms with Gasteiger partial charge in [0.25, 0.3) is 0 Å². The zero-order valence-electron chi connectivity index (χ0n) is 12.5. The molecule has 0 fully saturated rings. The average molecular weight is 316 g/mol. The Kier molecular flexibility index (Phi) is 3.99. The monoisotopic (exact) mass is 316 g/mol. The highest BCUT2D eigenvalue weighted by Crippen LogP contribution is 2.32. The van der Waals surface area contributed by atoms with Crippen molar-refractivity contribution >= 4 is 10.8 Å². The van der Waals surface area contributed by atoms with Gasteiger partial charge in [0.05, 0.1) is 5.56 Å². The third kappa shape index (κ3) is 2.89. The van der Waals surface area contributed by atoms with Gasteiger partial charge in [0.1, 0.15) is 23.2 Å². The molecule has 118 valence electrons. The van der Waals surface area contributed by atoms with Crippen molar-refractivity contribution < 1.29 is 18.3 Å². The summed E-state index contributed by atoms with van der Waals surface area (Å²) in [5, 5.41) is 10.1. The lowest BCUT2D eigenvalue weighted by Crippen LogP contribution is -1.95. The molecule has 0 bridgehead atoms. The first-order chi connectivity index (χ1) is 11.0. The van der Waals surface area contributed by atoms with Crippen molar-refractivity contribution in [3.63, 3.8) is 0 Å². The zero-order valence-corrected chi connectivity index (χ0v) is 12.5. The number of rotatable bonds is 3. The van der Waals surface area contributed by atoms with Crippen LogP contribution in [0.4, 0.5) is 13.2 Å². The number of fused-ring (bicyclic) bond motifs is 1. The molecule has 1 nitrogen and oxygen atoms in total. The molecule has 0 spiro atoms. The van der Waals surface area contributed by atoms with Gasteiger partial charge in [-0.15, -0.1) is 0 Å². The molecule has 0 heterocycles. The molecule has 0 radical (unpaired) electrons. The third-order valence-corrected chi connectivity index (χ3v) is 3.82. The minimum atomic E-state index is -0.703. The van der Waals surface area contributed by atoms with Gasteiger partial charge in [-0.3, -0.25) is 0 Å². The van der Waals surface area contributed by atoms with Crippen LogP contribution in [-0.4, -0.2) is 5.11 Å². The van der Waals surface area contributed by atoms with Crippen molar-refractivity contribution in [2.24, 2.45) is 0 Å². The number of hydrogen-bond donors (Lipinski definition) is 1. The first-order valence-corrected chi connectivity index (χ1v) is 7.40. The summed E-state index contributed by atoms with van der Waals surface area (Å²) in [6.07, 6.45) is 1.37. The highest BCUT2D eigenvalue weighted by Gasteiger charge is 2.15. The van der Waals surface area contributed by atoms with Crippen LogP contribution in [0.3, 0.4) is 0 Å². The Balaban J connectivity index is 2.19. The maximum Gasteiger partial charge on any atom is 0.134 e. The van der Waals surface area contributed by atoms with Gasteiger partial charge in [-0.1, -0.05) is 19.4 Å². The molecule has 0 aromatic heterocycles. The number of phenols is 1. The molecule has 3 aromatic carbocycles. The molecular weight excluding hydrogens is 301 g/mol. The minimum absolute atomic E-state index is 0.0644. The second-order valence-electron chi connectivity index (χ2n) is 5.55. The number of halogens is 3. The molecule has 3 aromatic rings. The van der Waals surface area contributed by atoms with E-state index in [0.717, 1.165) is 12.5 Å². The van der Waals surface area contributed by atoms with Gasteiger partial charge >= 0.3 is 0 Å². The Hall–Kier alpha value is -2.49. The summed E-state index contributed by atoms with van der Waals surface area (Å²) in [5.41, 5.74) is 0.481. The van der Waals surface area contributed by atoms with Crippen LogP contribution in [0, 0.1) is 17.5 Å². The summed E-state index contributed by atoms with van der Waals surface area (Å²) in [7, 11) is 0. The molecule has 0 unspecified atom stereocenters. The molecule has 0 saturated heterocycles. The molecule has 0 aliphatic heterocycles. The van der Waals surface area contributed by atoms with E-state index in [1.54, 1.807) is 0 Å². The standard InChI is InChI=1S/C19H15F3O/c1-2-3-11-6-17(21)19(18(22)7-11)13-8-12-4-5-14(23)10-15(12)16(20)9-13/h4-10,23H,2-3H2,1H3. The first kappa shape index (κ1) is 15.4. The van der Waals surface area contributed by atoms with Crippen molar-refractivity contribution in [3.8, 4) is 16.9 Å². The Morgan fingerprint density at radius 3 is 2.22 bits per heavy atom. The first-order valence-electron chi connectivity index (χ1n) is 7.40. The SMILES string of the molecule is CCCc1cc(F)c(-c2cc(F)c3cc(O)ccc3c2)c(F)c1. The molecule has 0 atom stereocenters. The minimum Gasteiger partial charge on any atom is -0.508 e. The number of phenolic OH excluding ortho intramolecular Hbond substituents is 1. The van der Waals surface area contributed by atoms with Gasteiger partial charge in [0, 0.05) is 5.39 Å². The molecule has 1 N–H and O–H groups in total. The van der Waals surface area contributed by atoms with Gasteiger partial charge < -0.3 is 5.11 Å². The van der Waals surface area contributed by atoms with Crippen molar-refractivity contribution in [2.45, 2.75) is 19.8 Å².